The van der Waals surface area contributed by atoms with Gasteiger partial charge in [-0.2, -0.15) is 0 Å². The van der Waals surface area contributed by atoms with Gasteiger partial charge in [0.25, 0.3) is 0 Å². The third-order valence-corrected chi connectivity index (χ3v) is 2.41. The van der Waals surface area contributed by atoms with Crippen LogP contribution in [-0.4, -0.2) is 66.4 Å². The van der Waals surface area contributed by atoms with Gasteiger partial charge in [-0.15, -0.1) is 0 Å². The van der Waals surface area contributed by atoms with Crippen molar-refractivity contribution in [2.75, 3.05) is 42.5 Å². The molecular formula is C12H24NO3Sn+. The van der Waals surface area contributed by atoms with E-state index in [4.69, 9.17) is 14.2 Å². The van der Waals surface area contributed by atoms with Crippen LogP contribution < -0.4 is 18.7 Å². The van der Waals surface area contributed by atoms with E-state index in [-0.39, 0.29) is 23.9 Å². The standard InChI is InChI=1S/C12H20NO3.Sn.4H/c1-13(2,3)9-7-8-10(14-4)12(16-6)11(9)15-5;;;;;/h7-8H,1-6H3;;;;;/q+1;;;;;. The van der Waals surface area contributed by atoms with Crippen molar-refractivity contribution in [3.05, 3.63) is 12.1 Å². The maximum absolute atomic E-state index is 5.42. The second-order valence-electron chi connectivity index (χ2n) is 4.37. The molecule has 0 aliphatic heterocycles. The molecule has 17 heavy (non-hydrogen) atoms. The molecule has 0 aliphatic rings. The van der Waals surface area contributed by atoms with Crippen LogP contribution >= 0.6 is 0 Å². The SMILES string of the molecule is COc1ccc([N+](C)(C)C)c(OC)c1OC.[SnH4]. The minimum absolute atomic E-state index is 0. The summed E-state index contributed by atoms with van der Waals surface area (Å²) in [7, 11) is 11.1. The first-order valence-electron chi connectivity index (χ1n) is 5.06. The summed E-state index contributed by atoms with van der Waals surface area (Å²) in [6.07, 6.45) is 0. The molecule has 0 unspecified atom stereocenters. The van der Waals surface area contributed by atoms with Crippen molar-refractivity contribution in [2.24, 2.45) is 0 Å². The Balaban J connectivity index is 0.00000256. The number of hydrogen-bond acceptors (Lipinski definition) is 3. The second-order valence-corrected chi connectivity index (χ2v) is 4.37. The van der Waals surface area contributed by atoms with Crippen molar-refractivity contribution in [3.63, 3.8) is 0 Å². The van der Waals surface area contributed by atoms with Crippen molar-refractivity contribution in [1.29, 1.82) is 0 Å². The third kappa shape index (κ3) is 3.42. The first-order chi connectivity index (χ1) is 7.45. The van der Waals surface area contributed by atoms with E-state index in [1.165, 1.54) is 0 Å². The van der Waals surface area contributed by atoms with Crippen LogP contribution in [0.5, 0.6) is 17.2 Å². The molecule has 0 N–H and O–H groups in total. The Hall–Kier alpha value is -0.621. The summed E-state index contributed by atoms with van der Waals surface area (Å²) < 4.78 is 16.6. The van der Waals surface area contributed by atoms with E-state index in [9.17, 15) is 0 Å². The predicted octanol–water partition coefficient (Wildman–Crippen LogP) is 0.457. The third-order valence-electron chi connectivity index (χ3n) is 2.41. The fourth-order valence-electron chi connectivity index (χ4n) is 1.61. The number of quaternary nitrogens is 1. The van der Waals surface area contributed by atoms with Crippen molar-refractivity contribution < 1.29 is 14.2 Å². The molecule has 0 aliphatic carbocycles. The Morgan fingerprint density at radius 1 is 0.824 bits per heavy atom. The molecule has 0 saturated carbocycles. The zero-order valence-electron chi connectivity index (χ0n) is 10.8. The van der Waals surface area contributed by atoms with Crippen molar-refractivity contribution in [1.82, 2.24) is 4.48 Å². The number of rotatable bonds is 4. The Morgan fingerprint density at radius 3 is 1.71 bits per heavy atom. The molecule has 0 heterocycles. The van der Waals surface area contributed by atoms with Gasteiger partial charge in [-0.05, 0) is 6.07 Å². The topological polar surface area (TPSA) is 27.7 Å². The first-order valence-corrected chi connectivity index (χ1v) is 5.06. The second kappa shape index (κ2) is 6.35. The predicted molar refractivity (Wildman–Crippen MR) is 77.0 cm³/mol. The number of hydrogen-bond donors (Lipinski definition) is 0. The van der Waals surface area contributed by atoms with Gasteiger partial charge < -0.3 is 14.2 Å². The van der Waals surface area contributed by atoms with E-state index in [1.807, 2.05) is 12.1 Å². The summed E-state index contributed by atoms with van der Waals surface area (Å²) in [4.78, 5) is 0. The first kappa shape index (κ1) is 16.4. The number of ether oxygens (including phenoxy) is 3. The van der Waals surface area contributed by atoms with E-state index < -0.39 is 0 Å². The van der Waals surface area contributed by atoms with Crippen molar-refractivity contribution in [2.45, 2.75) is 0 Å². The van der Waals surface area contributed by atoms with Crippen LogP contribution in [0.4, 0.5) is 5.69 Å². The van der Waals surface area contributed by atoms with Crippen molar-refractivity contribution >= 4 is 29.6 Å². The molecule has 5 heteroatoms. The summed E-state index contributed by atoms with van der Waals surface area (Å²) in [5, 5.41) is 0. The van der Waals surface area contributed by atoms with Gasteiger partial charge in [-0.1, -0.05) is 0 Å². The van der Waals surface area contributed by atoms with Gasteiger partial charge in [0.2, 0.25) is 11.5 Å². The van der Waals surface area contributed by atoms with Crippen LogP contribution in [0, 0.1) is 0 Å². The zero-order chi connectivity index (χ0) is 12.3. The summed E-state index contributed by atoms with van der Waals surface area (Å²) in [5.74, 6) is 2.03. The van der Waals surface area contributed by atoms with Crippen molar-refractivity contribution in [3.8, 4) is 17.2 Å². The minimum atomic E-state index is 0. The number of methoxy groups -OCH3 is 3. The van der Waals surface area contributed by atoms with Crippen LogP contribution in [0.1, 0.15) is 0 Å². The molecule has 98 valence electrons. The zero-order valence-corrected chi connectivity index (χ0v) is 10.8. The normalized spacial score (nSPS) is 10.5. The van der Waals surface area contributed by atoms with Gasteiger partial charge in [0.15, 0.2) is 11.4 Å². The number of benzene rings is 1. The van der Waals surface area contributed by atoms with E-state index in [2.05, 4.69) is 21.1 Å². The van der Waals surface area contributed by atoms with Crippen LogP contribution in [0.25, 0.3) is 0 Å². The molecule has 0 fully saturated rings. The fraction of sp³-hybridized carbons (Fsp3) is 0.500. The van der Waals surface area contributed by atoms with Crippen LogP contribution in [0.3, 0.4) is 0 Å². The molecule has 1 rings (SSSR count). The average molecular weight is 349 g/mol. The monoisotopic (exact) mass is 350 g/mol. The average Bonchev–Trinajstić information content (AvgIpc) is 2.25. The Labute approximate surface area is 120 Å². The molecule has 0 spiro atoms. The quantitative estimate of drug-likeness (QED) is 0.584. The van der Waals surface area contributed by atoms with Crippen LogP contribution in [0.15, 0.2) is 12.1 Å². The van der Waals surface area contributed by atoms with Crippen LogP contribution in [-0.2, 0) is 0 Å². The summed E-state index contributed by atoms with van der Waals surface area (Å²) in [6.45, 7) is 0. The Bertz CT molecular complexity index is 375. The molecule has 0 radical (unpaired) electrons. The van der Waals surface area contributed by atoms with E-state index in [0.717, 1.165) is 5.69 Å². The van der Waals surface area contributed by atoms with Gasteiger partial charge in [-0.3, -0.25) is 4.48 Å². The Morgan fingerprint density at radius 2 is 1.35 bits per heavy atom. The van der Waals surface area contributed by atoms with Gasteiger partial charge in [0.1, 0.15) is 0 Å². The Kier molecular flexibility index (Phi) is 6.12. The molecule has 4 nitrogen and oxygen atoms in total. The van der Waals surface area contributed by atoms with Gasteiger partial charge in [0, 0.05) is 6.07 Å². The molecule has 0 amide bonds. The summed E-state index contributed by atoms with van der Waals surface area (Å²) >= 11 is 0. The molecular weight excluding hydrogens is 325 g/mol. The van der Waals surface area contributed by atoms with Gasteiger partial charge in [0.05, 0.1) is 42.5 Å². The fourth-order valence-corrected chi connectivity index (χ4v) is 1.61. The van der Waals surface area contributed by atoms with E-state index in [0.29, 0.717) is 21.7 Å². The molecule has 0 saturated heterocycles. The van der Waals surface area contributed by atoms with E-state index in [1.54, 1.807) is 21.3 Å². The van der Waals surface area contributed by atoms with Gasteiger partial charge in [-0.25, -0.2) is 0 Å². The molecule has 0 atom stereocenters. The van der Waals surface area contributed by atoms with Crippen LogP contribution in [0.2, 0.25) is 0 Å². The number of nitrogens with zero attached hydrogens (tertiary/aromatic N) is 1. The summed E-state index contributed by atoms with van der Waals surface area (Å²) in [6, 6.07) is 3.88. The van der Waals surface area contributed by atoms with Gasteiger partial charge >= 0.3 is 23.9 Å². The molecule has 1 aromatic carbocycles. The van der Waals surface area contributed by atoms with E-state index >= 15 is 0 Å². The molecule has 1 aromatic rings. The molecule has 0 bridgehead atoms. The maximum atomic E-state index is 5.42. The summed E-state index contributed by atoms with van der Waals surface area (Å²) in [5.41, 5.74) is 1.04. The molecule has 0 aromatic heterocycles.